The van der Waals surface area contributed by atoms with Crippen LogP contribution in [0.3, 0.4) is 0 Å². The molecule has 0 bridgehead atoms. The number of nitrogens with zero attached hydrogens (tertiary/aromatic N) is 1. The zero-order chi connectivity index (χ0) is 15.3. The molecule has 1 aromatic rings. The highest BCUT2D eigenvalue weighted by Gasteiger charge is 2.18. The fraction of sp³-hybridized carbons (Fsp3) is 0.647. The second-order valence-electron chi connectivity index (χ2n) is 6.25. The molecule has 0 aromatic heterocycles. The number of benzene rings is 1. The number of nitrogens with two attached hydrogens (primary N) is 1. The molecule has 0 aliphatic heterocycles. The topological polar surface area (TPSA) is 29.3 Å². The Morgan fingerprint density at radius 2 is 1.85 bits per heavy atom. The highest BCUT2D eigenvalue weighted by atomic mass is 35.5. The molecule has 3 heteroatoms. The Balaban J connectivity index is 3.16. The van der Waals surface area contributed by atoms with E-state index in [0.717, 1.165) is 24.4 Å². The first kappa shape index (κ1) is 17.3. The van der Waals surface area contributed by atoms with Gasteiger partial charge in [0.25, 0.3) is 0 Å². The van der Waals surface area contributed by atoms with Crippen molar-refractivity contribution in [3.63, 3.8) is 0 Å². The summed E-state index contributed by atoms with van der Waals surface area (Å²) in [6.07, 6.45) is 1.81. The summed E-state index contributed by atoms with van der Waals surface area (Å²) in [5.41, 5.74) is 8.58. The summed E-state index contributed by atoms with van der Waals surface area (Å²) in [4.78, 5) is 2.44. The van der Waals surface area contributed by atoms with Gasteiger partial charge in [0.05, 0.1) is 0 Å². The van der Waals surface area contributed by atoms with E-state index in [4.69, 9.17) is 17.3 Å². The molecule has 1 atom stereocenters. The molecule has 1 unspecified atom stereocenters. The summed E-state index contributed by atoms with van der Waals surface area (Å²) in [5.74, 6) is 0.615. The molecule has 0 heterocycles. The van der Waals surface area contributed by atoms with Gasteiger partial charge in [0.1, 0.15) is 0 Å². The minimum atomic E-state index is 0.168. The maximum Gasteiger partial charge on any atom is 0.0459 e. The van der Waals surface area contributed by atoms with E-state index in [9.17, 15) is 0 Å². The van der Waals surface area contributed by atoms with Crippen molar-refractivity contribution in [2.24, 2.45) is 11.7 Å². The van der Waals surface area contributed by atoms with Gasteiger partial charge >= 0.3 is 0 Å². The van der Waals surface area contributed by atoms with Crippen molar-refractivity contribution < 1.29 is 0 Å². The predicted octanol–water partition coefficient (Wildman–Crippen LogP) is 4.49. The minimum Gasteiger partial charge on any atom is -0.369 e. The van der Waals surface area contributed by atoms with Gasteiger partial charge in [-0.15, -0.1) is 0 Å². The lowest BCUT2D eigenvalue weighted by Crippen LogP contribution is -2.35. The van der Waals surface area contributed by atoms with Gasteiger partial charge < -0.3 is 10.6 Å². The molecule has 0 aliphatic carbocycles. The summed E-state index contributed by atoms with van der Waals surface area (Å²) in [6.45, 7) is 12.1. The molecule has 0 amide bonds. The molecule has 0 radical (unpaired) electrons. The third-order valence-corrected chi connectivity index (χ3v) is 3.93. The maximum absolute atomic E-state index is 6.43. The second-order valence-corrected chi connectivity index (χ2v) is 6.66. The average Bonchev–Trinajstić information content (AvgIpc) is 2.37. The Labute approximate surface area is 129 Å². The highest BCUT2D eigenvalue weighted by Crippen LogP contribution is 2.30. The lowest BCUT2D eigenvalue weighted by Gasteiger charge is -2.33. The molecule has 1 aromatic carbocycles. The molecule has 0 saturated heterocycles. The standard InChI is InChI=1S/C17H29ClN2/c1-6-14(19)10-15-16(18)8-7-9-17(15)20(13(4)5)11-12(2)3/h7-9,12-14H,6,10-11,19H2,1-5H3. The summed E-state index contributed by atoms with van der Waals surface area (Å²) in [7, 11) is 0. The number of hydrogen-bond donors (Lipinski definition) is 1. The lowest BCUT2D eigenvalue weighted by atomic mass is 10.0. The van der Waals surface area contributed by atoms with Crippen LogP contribution in [-0.2, 0) is 6.42 Å². The fourth-order valence-corrected chi connectivity index (χ4v) is 2.65. The number of hydrogen-bond acceptors (Lipinski definition) is 2. The fourth-order valence-electron chi connectivity index (χ4n) is 2.41. The molecule has 0 saturated carbocycles. The maximum atomic E-state index is 6.43. The minimum absolute atomic E-state index is 0.168. The molecule has 0 fully saturated rings. The van der Waals surface area contributed by atoms with E-state index in [2.05, 4.69) is 45.6 Å². The summed E-state index contributed by atoms with van der Waals surface area (Å²) in [5, 5.41) is 0.834. The Kier molecular flexibility index (Phi) is 6.84. The van der Waals surface area contributed by atoms with Crippen LogP contribution in [-0.4, -0.2) is 18.6 Å². The van der Waals surface area contributed by atoms with Gasteiger partial charge in [-0.3, -0.25) is 0 Å². The van der Waals surface area contributed by atoms with Gasteiger partial charge in [-0.2, -0.15) is 0 Å². The van der Waals surface area contributed by atoms with Crippen molar-refractivity contribution in [2.75, 3.05) is 11.4 Å². The van der Waals surface area contributed by atoms with Crippen molar-refractivity contribution in [3.8, 4) is 0 Å². The third-order valence-electron chi connectivity index (χ3n) is 3.58. The van der Waals surface area contributed by atoms with Crippen molar-refractivity contribution in [3.05, 3.63) is 28.8 Å². The quantitative estimate of drug-likeness (QED) is 0.803. The molecular formula is C17H29ClN2. The molecule has 2 N–H and O–H groups in total. The highest BCUT2D eigenvalue weighted by molar-refractivity contribution is 6.31. The predicted molar refractivity (Wildman–Crippen MR) is 90.7 cm³/mol. The van der Waals surface area contributed by atoms with Crippen LogP contribution in [0.1, 0.15) is 46.6 Å². The zero-order valence-corrected chi connectivity index (χ0v) is 14.2. The van der Waals surface area contributed by atoms with Crippen LogP contribution in [0.15, 0.2) is 18.2 Å². The monoisotopic (exact) mass is 296 g/mol. The Hall–Kier alpha value is -0.730. The normalized spacial score (nSPS) is 13.1. The van der Waals surface area contributed by atoms with Crippen LogP contribution < -0.4 is 10.6 Å². The van der Waals surface area contributed by atoms with Gasteiger partial charge in [0.2, 0.25) is 0 Å². The van der Waals surface area contributed by atoms with E-state index in [0.29, 0.717) is 12.0 Å². The van der Waals surface area contributed by atoms with Crippen molar-refractivity contribution in [1.29, 1.82) is 0 Å². The molecular weight excluding hydrogens is 268 g/mol. The van der Waals surface area contributed by atoms with Crippen molar-refractivity contribution in [2.45, 2.75) is 59.5 Å². The van der Waals surface area contributed by atoms with Gasteiger partial charge in [-0.05, 0) is 50.3 Å². The van der Waals surface area contributed by atoms with Crippen molar-refractivity contribution >= 4 is 17.3 Å². The summed E-state index contributed by atoms with van der Waals surface area (Å²) >= 11 is 6.43. The molecule has 0 spiro atoms. The number of halogens is 1. The largest absolute Gasteiger partial charge is 0.369 e. The Morgan fingerprint density at radius 1 is 1.20 bits per heavy atom. The van der Waals surface area contributed by atoms with E-state index in [1.165, 1.54) is 11.3 Å². The van der Waals surface area contributed by atoms with E-state index in [-0.39, 0.29) is 6.04 Å². The first-order chi connectivity index (χ1) is 9.36. The van der Waals surface area contributed by atoms with Crippen LogP contribution in [0.5, 0.6) is 0 Å². The van der Waals surface area contributed by atoms with Crippen LogP contribution >= 0.6 is 11.6 Å². The first-order valence-corrected chi connectivity index (χ1v) is 8.04. The van der Waals surface area contributed by atoms with Crippen LogP contribution in [0.2, 0.25) is 5.02 Å². The number of rotatable bonds is 7. The molecule has 2 nitrogen and oxygen atoms in total. The van der Waals surface area contributed by atoms with Crippen LogP contribution in [0.25, 0.3) is 0 Å². The molecule has 20 heavy (non-hydrogen) atoms. The van der Waals surface area contributed by atoms with Gasteiger partial charge in [0, 0.05) is 29.3 Å². The summed E-state index contributed by atoms with van der Waals surface area (Å²) in [6, 6.07) is 6.80. The lowest BCUT2D eigenvalue weighted by molar-refractivity contribution is 0.566. The smallest absolute Gasteiger partial charge is 0.0459 e. The average molecular weight is 297 g/mol. The third kappa shape index (κ3) is 4.68. The first-order valence-electron chi connectivity index (χ1n) is 7.66. The van der Waals surface area contributed by atoms with Gasteiger partial charge in [-0.25, -0.2) is 0 Å². The van der Waals surface area contributed by atoms with Gasteiger partial charge in [0.15, 0.2) is 0 Å². The molecule has 114 valence electrons. The molecule has 1 rings (SSSR count). The zero-order valence-electron chi connectivity index (χ0n) is 13.5. The van der Waals surface area contributed by atoms with E-state index < -0.39 is 0 Å². The van der Waals surface area contributed by atoms with Crippen LogP contribution in [0.4, 0.5) is 5.69 Å². The SMILES string of the molecule is CCC(N)Cc1c(Cl)cccc1N(CC(C)C)C(C)C. The summed E-state index contributed by atoms with van der Waals surface area (Å²) < 4.78 is 0. The van der Waals surface area contributed by atoms with Gasteiger partial charge in [-0.1, -0.05) is 38.4 Å². The molecule has 0 aliphatic rings. The number of anilines is 1. The second kappa shape index (κ2) is 7.90. The van der Waals surface area contributed by atoms with Crippen LogP contribution in [0, 0.1) is 5.92 Å². The Morgan fingerprint density at radius 3 is 2.35 bits per heavy atom. The van der Waals surface area contributed by atoms with E-state index >= 15 is 0 Å². The van der Waals surface area contributed by atoms with Crippen molar-refractivity contribution in [1.82, 2.24) is 0 Å². The van der Waals surface area contributed by atoms with E-state index in [1.807, 2.05) is 12.1 Å². The van der Waals surface area contributed by atoms with E-state index in [1.54, 1.807) is 0 Å². The Bertz CT molecular complexity index is 415.